The van der Waals surface area contributed by atoms with E-state index >= 15 is 0 Å². The Bertz CT molecular complexity index is 1090. The minimum atomic E-state index is -0.123. The summed E-state index contributed by atoms with van der Waals surface area (Å²) in [6.07, 6.45) is 14.6. The van der Waals surface area contributed by atoms with Crippen molar-refractivity contribution in [3.63, 3.8) is 0 Å². The number of benzene rings is 1. The van der Waals surface area contributed by atoms with E-state index in [1.807, 2.05) is 5.01 Å². The highest BCUT2D eigenvalue weighted by molar-refractivity contribution is 5.82. The third kappa shape index (κ3) is 5.13. The maximum atomic E-state index is 13.7. The van der Waals surface area contributed by atoms with Gasteiger partial charge >= 0.3 is 0 Å². The van der Waals surface area contributed by atoms with E-state index in [1.165, 1.54) is 37.8 Å². The highest BCUT2D eigenvalue weighted by Crippen LogP contribution is 2.52. The number of nitrogens with zero attached hydrogens (tertiary/aromatic N) is 3. The maximum Gasteiger partial charge on any atom is 0.244 e. The molecule has 1 saturated carbocycles. The second kappa shape index (κ2) is 10.8. The van der Waals surface area contributed by atoms with Gasteiger partial charge in [-0.1, -0.05) is 24.6 Å². The van der Waals surface area contributed by atoms with Gasteiger partial charge in [0.05, 0.1) is 24.8 Å². The molecule has 6 aliphatic rings. The molecule has 4 N–H and O–H groups in total. The highest BCUT2D eigenvalue weighted by atomic mass is 16.5. The van der Waals surface area contributed by atoms with Crippen LogP contribution >= 0.6 is 0 Å². The third-order valence-electron chi connectivity index (χ3n) is 9.67. The van der Waals surface area contributed by atoms with Crippen LogP contribution in [0, 0.1) is 5.92 Å². The monoisotopic (exact) mass is 535 g/mol. The Morgan fingerprint density at radius 1 is 1.08 bits per heavy atom. The maximum absolute atomic E-state index is 13.7. The molecule has 1 amide bonds. The SMILES string of the molecule is CN1Cc2cc(NC3NCC4C(=O)N5C/C=C\CCCCCOC6CCCC(N6)N5C4N3)ccc2C2(CC2)C1. The summed E-state index contributed by atoms with van der Waals surface area (Å²) in [4.78, 5) is 16.1. The van der Waals surface area contributed by atoms with E-state index in [9.17, 15) is 4.79 Å². The third-order valence-corrected chi connectivity index (χ3v) is 9.67. The lowest BCUT2D eigenvalue weighted by Gasteiger charge is -2.45. The van der Waals surface area contributed by atoms with Crippen molar-refractivity contribution >= 4 is 11.6 Å². The van der Waals surface area contributed by atoms with Gasteiger partial charge in [-0.15, -0.1) is 0 Å². The van der Waals surface area contributed by atoms with Crippen molar-refractivity contribution < 1.29 is 9.53 Å². The molecule has 9 nitrogen and oxygen atoms in total. The molecule has 5 aliphatic heterocycles. The summed E-state index contributed by atoms with van der Waals surface area (Å²) >= 11 is 0. The van der Waals surface area contributed by atoms with E-state index in [0.717, 1.165) is 50.9 Å². The summed E-state index contributed by atoms with van der Waals surface area (Å²) < 4.78 is 6.23. The minimum Gasteiger partial charge on any atom is -0.363 e. The van der Waals surface area contributed by atoms with Crippen LogP contribution in [0.15, 0.2) is 30.4 Å². The van der Waals surface area contributed by atoms with Crippen molar-refractivity contribution in [2.45, 2.75) is 94.6 Å². The number of hydrogen-bond donors (Lipinski definition) is 4. The normalized spacial score (nSPS) is 36.0. The quantitative estimate of drug-likeness (QED) is 0.431. The van der Waals surface area contributed by atoms with Gasteiger partial charge < -0.3 is 15.0 Å². The largest absolute Gasteiger partial charge is 0.363 e. The van der Waals surface area contributed by atoms with Crippen LogP contribution in [0.5, 0.6) is 0 Å². The zero-order valence-electron chi connectivity index (χ0n) is 23.3. The van der Waals surface area contributed by atoms with Crippen LogP contribution < -0.4 is 21.3 Å². The van der Waals surface area contributed by atoms with Crippen LogP contribution in [0.25, 0.3) is 0 Å². The average molecular weight is 536 g/mol. The van der Waals surface area contributed by atoms with Crippen molar-refractivity contribution in [2.75, 3.05) is 38.6 Å². The van der Waals surface area contributed by atoms with E-state index in [-0.39, 0.29) is 36.7 Å². The van der Waals surface area contributed by atoms with Gasteiger partial charge in [-0.3, -0.25) is 25.8 Å². The van der Waals surface area contributed by atoms with Crippen LogP contribution in [0.2, 0.25) is 0 Å². The Balaban J connectivity index is 1.10. The van der Waals surface area contributed by atoms with Gasteiger partial charge in [-0.05, 0) is 81.7 Å². The first-order valence-corrected chi connectivity index (χ1v) is 15.3. The molecule has 1 aromatic rings. The predicted molar refractivity (Wildman–Crippen MR) is 151 cm³/mol. The molecule has 5 heterocycles. The number of nitrogens with one attached hydrogen (secondary N) is 4. The molecule has 5 atom stereocenters. The second-order valence-corrected chi connectivity index (χ2v) is 12.6. The first-order valence-electron chi connectivity index (χ1n) is 15.3. The van der Waals surface area contributed by atoms with Crippen molar-refractivity contribution in [3.05, 3.63) is 41.5 Å². The molecule has 5 unspecified atom stereocenters. The summed E-state index contributed by atoms with van der Waals surface area (Å²) in [5.41, 5.74) is 4.51. The minimum absolute atomic E-state index is 0.0530. The molecule has 2 bridgehead atoms. The number of hydrogen-bond acceptors (Lipinski definition) is 8. The Morgan fingerprint density at radius 3 is 2.90 bits per heavy atom. The standard InChI is InChI=1S/C30H45N7O2/c1-35-19-21-17-22(11-12-24(21)30(20-35)13-14-30)32-29-31-18-23-27(34-29)37-25-9-8-10-26(33-25)39-16-7-5-3-2-4-6-15-36(37)28(23)38/h4,6,11-12,17,23,25-27,29,31-34H,2-3,5,7-10,13-16,18-20H2,1H3/b6-4-. The van der Waals surface area contributed by atoms with Gasteiger partial charge in [-0.2, -0.15) is 5.01 Å². The number of amides is 1. The fourth-order valence-corrected chi connectivity index (χ4v) is 7.58. The highest BCUT2D eigenvalue weighted by Gasteiger charge is 2.52. The molecule has 212 valence electrons. The molecular formula is C30H45N7O2. The van der Waals surface area contributed by atoms with Gasteiger partial charge in [0, 0.05) is 37.3 Å². The van der Waals surface area contributed by atoms with E-state index in [1.54, 1.807) is 5.56 Å². The number of rotatable bonds is 2. The fourth-order valence-electron chi connectivity index (χ4n) is 7.58. The van der Waals surface area contributed by atoms with Crippen LogP contribution in [0.4, 0.5) is 5.69 Å². The van der Waals surface area contributed by atoms with Crippen LogP contribution in [0.1, 0.15) is 68.9 Å². The van der Waals surface area contributed by atoms with Crippen LogP contribution in [0.3, 0.4) is 0 Å². The number of likely N-dealkylation sites (N-methyl/N-ethyl adjacent to an activating group) is 1. The lowest BCUT2D eigenvalue weighted by Crippen LogP contribution is -2.68. The predicted octanol–water partition coefficient (Wildman–Crippen LogP) is 2.63. The molecule has 0 radical (unpaired) electrons. The molecule has 1 aliphatic carbocycles. The van der Waals surface area contributed by atoms with Crippen LogP contribution in [-0.4, -0.2) is 79.0 Å². The number of anilines is 1. The van der Waals surface area contributed by atoms with E-state index in [0.29, 0.717) is 18.5 Å². The molecule has 39 heavy (non-hydrogen) atoms. The number of ether oxygens (including phenoxy) is 1. The topological polar surface area (TPSA) is 84.1 Å². The van der Waals surface area contributed by atoms with Crippen molar-refractivity contribution in [2.24, 2.45) is 5.92 Å². The number of piperidine rings is 1. The Labute approximate surface area is 232 Å². The van der Waals surface area contributed by atoms with E-state index < -0.39 is 0 Å². The second-order valence-electron chi connectivity index (χ2n) is 12.6. The molecular weight excluding hydrogens is 490 g/mol. The zero-order chi connectivity index (χ0) is 26.4. The van der Waals surface area contributed by atoms with Gasteiger partial charge in [0.2, 0.25) is 5.91 Å². The van der Waals surface area contributed by atoms with Gasteiger partial charge in [0.25, 0.3) is 0 Å². The molecule has 9 heteroatoms. The molecule has 1 aromatic carbocycles. The molecule has 4 fully saturated rings. The summed E-state index contributed by atoms with van der Waals surface area (Å²) in [5.74, 6) is 0.0775. The van der Waals surface area contributed by atoms with Gasteiger partial charge in [-0.25, -0.2) is 0 Å². The summed E-state index contributed by atoms with van der Waals surface area (Å²) in [6, 6.07) is 6.93. The molecule has 3 saturated heterocycles. The molecule has 1 spiro atoms. The van der Waals surface area contributed by atoms with Crippen LogP contribution in [-0.2, 0) is 21.5 Å². The lowest BCUT2D eigenvalue weighted by molar-refractivity contribution is -0.149. The van der Waals surface area contributed by atoms with Crippen molar-refractivity contribution in [3.8, 4) is 0 Å². The first-order chi connectivity index (χ1) is 19.1. The molecule has 7 rings (SSSR count). The summed E-state index contributed by atoms with van der Waals surface area (Å²) in [5, 5.41) is 19.1. The Hall–Kier alpha value is -2.01. The van der Waals surface area contributed by atoms with Gasteiger partial charge in [0.15, 0.2) is 0 Å². The summed E-state index contributed by atoms with van der Waals surface area (Å²) in [7, 11) is 2.24. The Morgan fingerprint density at radius 2 is 2.00 bits per heavy atom. The van der Waals surface area contributed by atoms with E-state index in [4.69, 9.17) is 4.74 Å². The average Bonchev–Trinajstić information content (AvgIpc) is 3.63. The Kier molecular flexibility index (Phi) is 7.15. The number of hydrazine groups is 1. The number of allylic oxidation sites excluding steroid dienone is 1. The lowest BCUT2D eigenvalue weighted by atomic mass is 9.87. The number of fused-ring (bicyclic) bond motifs is 8. The summed E-state index contributed by atoms with van der Waals surface area (Å²) in [6.45, 7) is 4.25. The first kappa shape index (κ1) is 25.9. The number of carbonyl (C=O) groups is 1. The van der Waals surface area contributed by atoms with Crippen molar-refractivity contribution in [1.82, 2.24) is 30.9 Å². The fraction of sp³-hybridized carbons (Fsp3) is 0.700. The zero-order valence-corrected chi connectivity index (χ0v) is 23.3. The van der Waals surface area contributed by atoms with Crippen molar-refractivity contribution in [1.29, 1.82) is 0 Å². The number of carbonyl (C=O) groups excluding carboxylic acids is 1. The smallest absolute Gasteiger partial charge is 0.244 e. The van der Waals surface area contributed by atoms with Gasteiger partial charge in [0.1, 0.15) is 12.5 Å². The molecule has 0 aromatic heterocycles. The van der Waals surface area contributed by atoms with E-state index in [2.05, 4.69) is 68.6 Å².